The third kappa shape index (κ3) is 3.45. The highest BCUT2D eigenvalue weighted by molar-refractivity contribution is 5.78. The van der Waals surface area contributed by atoms with Crippen LogP contribution in [0.5, 0.6) is 0 Å². The Morgan fingerprint density at radius 2 is 2.05 bits per heavy atom. The minimum atomic E-state index is -0.0931. The van der Waals surface area contributed by atoms with Gasteiger partial charge in [-0.05, 0) is 44.4 Å². The Hall–Kier alpha value is -1.23. The molecule has 20 heavy (non-hydrogen) atoms. The van der Waals surface area contributed by atoms with E-state index in [9.17, 15) is 4.79 Å². The number of ketones is 1. The van der Waals surface area contributed by atoms with E-state index in [-0.39, 0.29) is 16.7 Å². The number of hydrogen-bond donors (Lipinski definition) is 0. The molecular formula is C18H28O2. The van der Waals surface area contributed by atoms with E-state index in [4.69, 9.17) is 11.2 Å². The van der Waals surface area contributed by atoms with Gasteiger partial charge < -0.3 is 4.74 Å². The van der Waals surface area contributed by atoms with Crippen LogP contribution < -0.4 is 0 Å². The third-order valence-electron chi connectivity index (χ3n) is 5.38. The molecule has 0 aliphatic heterocycles. The summed E-state index contributed by atoms with van der Waals surface area (Å²) in [5, 5.41) is 0. The summed E-state index contributed by atoms with van der Waals surface area (Å²) in [4.78, 5) is 11.5. The first-order valence-electron chi connectivity index (χ1n) is 7.57. The molecule has 0 bridgehead atoms. The SMILES string of the molecule is C#COCC(C)(CC)C(=C)C1(C)CCC(C(C)=O)CC1. The van der Waals surface area contributed by atoms with Crippen molar-refractivity contribution in [1.82, 2.24) is 0 Å². The minimum absolute atomic E-state index is 0.0919. The van der Waals surface area contributed by atoms with E-state index < -0.39 is 0 Å². The van der Waals surface area contributed by atoms with Crippen molar-refractivity contribution in [2.75, 3.05) is 6.61 Å². The van der Waals surface area contributed by atoms with E-state index in [0.29, 0.717) is 12.4 Å². The van der Waals surface area contributed by atoms with Crippen molar-refractivity contribution in [2.24, 2.45) is 16.7 Å². The van der Waals surface area contributed by atoms with E-state index in [2.05, 4.69) is 33.5 Å². The van der Waals surface area contributed by atoms with Gasteiger partial charge in [0.05, 0.1) is 0 Å². The van der Waals surface area contributed by atoms with Crippen molar-refractivity contribution in [1.29, 1.82) is 0 Å². The van der Waals surface area contributed by atoms with Gasteiger partial charge in [0.1, 0.15) is 18.5 Å². The lowest BCUT2D eigenvalue weighted by Crippen LogP contribution is -2.37. The molecule has 0 N–H and O–H groups in total. The standard InChI is InChI=1S/C18H28O2/c1-7-17(5,13-20-8-2)15(4)18(6)11-9-16(10-12-18)14(3)19/h2,16H,4,7,9-13H2,1,3,5-6H3. The molecule has 1 aliphatic carbocycles. The molecule has 112 valence electrons. The smallest absolute Gasteiger partial charge is 0.132 e. The summed E-state index contributed by atoms with van der Waals surface area (Å²) in [5.41, 5.74) is 1.23. The molecule has 0 saturated heterocycles. The molecule has 1 rings (SSSR count). The number of carbonyl (C=O) groups is 1. The van der Waals surface area contributed by atoms with Crippen molar-refractivity contribution < 1.29 is 9.53 Å². The number of ether oxygens (including phenoxy) is 1. The summed E-state index contributed by atoms with van der Waals surface area (Å²) < 4.78 is 5.22. The second kappa shape index (κ2) is 6.48. The fourth-order valence-corrected chi connectivity index (χ4v) is 3.30. The maximum absolute atomic E-state index is 11.5. The molecule has 2 nitrogen and oxygen atoms in total. The highest BCUT2D eigenvalue weighted by Crippen LogP contribution is 2.50. The summed E-state index contributed by atoms with van der Waals surface area (Å²) in [6, 6.07) is 0. The van der Waals surface area contributed by atoms with E-state index in [1.54, 1.807) is 6.92 Å². The summed E-state index contributed by atoms with van der Waals surface area (Å²) in [6.07, 6.45) is 12.4. The summed E-state index contributed by atoms with van der Waals surface area (Å²) >= 11 is 0. The lowest BCUT2D eigenvalue weighted by Gasteiger charge is -2.45. The third-order valence-corrected chi connectivity index (χ3v) is 5.38. The lowest BCUT2D eigenvalue weighted by molar-refractivity contribution is -0.122. The lowest BCUT2D eigenvalue weighted by atomic mass is 9.60. The van der Waals surface area contributed by atoms with Crippen LogP contribution in [0, 0.1) is 29.3 Å². The van der Waals surface area contributed by atoms with Crippen LogP contribution >= 0.6 is 0 Å². The predicted molar refractivity (Wildman–Crippen MR) is 83.1 cm³/mol. The van der Waals surface area contributed by atoms with Crippen molar-refractivity contribution in [3.8, 4) is 12.5 Å². The summed E-state index contributed by atoms with van der Waals surface area (Å²) in [6.45, 7) is 13.2. The Bertz CT molecular complexity index is 408. The Kier molecular flexibility index (Phi) is 5.45. The molecular weight excluding hydrogens is 248 g/mol. The fraction of sp³-hybridized carbons (Fsp3) is 0.722. The van der Waals surface area contributed by atoms with Crippen molar-refractivity contribution in [2.45, 2.75) is 59.8 Å². The second-order valence-electron chi connectivity index (χ2n) is 6.74. The molecule has 2 heteroatoms. The predicted octanol–water partition coefficient (Wildman–Crippen LogP) is 4.35. The monoisotopic (exact) mass is 276 g/mol. The van der Waals surface area contributed by atoms with Gasteiger partial charge in [-0.2, -0.15) is 0 Å². The molecule has 1 atom stereocenters. The van der Waals surface area contributed by atoms with Gasteiger partial charge in [0, 0.05) is 11.3 Å². The first kappa shape index (κ1) is 16.8. The number of Topliss-reactive ketones (excluding diaryl/α,β-unsaturated/α-hetero) is 1. The van der Waals surface area contributed by atoms with Gasteiger partial charge in [0.15, 0.2) is 0 Å². The molecule has 0 radical (unpaired) electrons. The van der Waals surface area contributed by atoms with Crippen molar-refractivity contribution in [3.05, 3.63) is 12.2 Å². The van der Waals surface area contributed by atoms with Gasteiger partial charge in [-0.25, -0.2) is 0 Å². The van der Waals surface area contributed by atoms with Crippen LogP contribution in [-0.2, 0) is 9.53 Å². The van der Waals surface area contributed by atoms with Gasteiger partial charge in [0.2, 0.25) is 0 Å². The van der Waals surface area contributed by atoms with Crippen LogP contribution in [0.1, 0.15) is 59.8 Å². The molecule has 0 aromatic carbocycles. The molecule has 0 aromatic heterocycles. The van der Waals surface area contributed by atoms with Crippen molar-refractivity contribution in [3.63, 3.8) is 0 Å². The topological polar surface area (TPSA) is 26.3 Å². The van der Waals surface area contributed by atoms with Gasteiger partial charge in [-0.3, -0.25) is 4.79 Å². The first-order valence-corrected chi connectivity index (χ1v) is 7.57. The summed E-state index contributed by atoms with van der Waals surface area (Å²) in [7, 11) is 0. The number of hydrogen-bond acceptors (Lipinski definition) is 2. The molecule has 0 amide bonds. The molecule has 1 fully saturated rings. The Morgan fingerprint density at radius 1 is 1.50 bits per heavy atom. The van der Waals surface area contributed by atoms with Gasteiger partial charge in [-0.1, -0.05) is 39.3 Å². The largest absolute Gasteiger partial charge is 0.446 e. The Labute approximate surface area is 124 Å². The molecule has 1 unspecified atom stereocenters. The number of carbonyl (C=O) groups excluding carboxylic acids is 1. The average Bonchev–Trinajstić information content (AvgIpc) is 2.44. The zero-order valence-electron chi connectivity index (χ0n) is 13.4. The van der Waals surface area contributed by atoms with Crippen LogP contribution in [0.2, 0.25) is 0 Å². The highest BCUT2D eigenvalue weighted by Gasteiger charge is 2.41. The van der Waals surface area contributed by atoms with Crippen LogP contribution in [0.3, 0.4) is 0 Å². The normalized spacial score (nSPS) is 29.1. The van der Waals surface area contributed by atoms with Crippen LogP contribution in [-0.4, -0.2) is 12.4 Å². The van der Waals surface area contributed by atoms with E-state index in [0.717, 1.165) is 32.1 Å². The van der Waals surface area contributed by atoms with Crippen LogP contribution in [0.25, 0.3) is 0 Å². The molecule has 0 heterocycles. The van der Waals surface area contributed by atoms with Gasteiger partial charge in [0.25, 0.3) is 0 Å². The maximum Gasteiger partial charge on any atom is 0.132 e. The molecule has 0 spiro atoms. The highest BCUT2D eigenvalue weighted by atomic mass is 16.5. The quantitative estimate of drug-likeness (QED) is 0.532. The fourth-order valence-electron chi connectivity index (χ4n) is 3.30. The van der Waals surface area contributed by atoms with E-state index >= 15 is 0 Å². The van der Waals surface area contributed by atoms with Gasteiger partial charge >= 0.3 is 0 Å². The maximum atomic E-state index is 11.5. The second-order valence-corrected chi connectivity index (χ2v) is 6.74. The molecule has 1 aliphatic rings. The molecule has 0 aromatic rings. The van der Waals surface area contributed by atoms with Crippen LogP contribution in [0.4, 0.5) is 0 Å². The Balaban J connectivity index is 2.80. The zero-order chi connectivity index (χ0) is 15.4. The number of rotatable bonds is 6. The molecule has 1 saturated carbocycles. The first-order chi connectivity index (χ1) is 9.29. The van der Waals surface area contributed by atoms with E-state index in [1.165, 1.54) is 5.57 Å². The van der Waals surface area contributed by atoms with E-state index in [1.807, 2.05) is 0 Å². The summed E-state index contributed by atoms with van der Waals surface area (Å²) in [5.74, 6) is 0.567. The minimum Gasteiger partial charge on any atom is -0.446 e. The van der Waals surface area contributed by atoms with Crippen LogP contribution in [0.15, 0.2) is 12.2 Å². The zero-order valence-corrected chi connectivity index (χ0v) is 13.4. The average molecular weight is 276 g/mol. The van der Waals surface area contributed by atoms with Gasteiger partial charge in [-0.15, -0.1) is 0 Å². The number of terminal acetylenes is 1. The Morgan fingerprint density at radius 3 is 2.45 bits per heavy atom. The van der Waals surface area contributed by atoms with Crippen molar-refractivity contribution >= 4 is 5.78 Å².